The molecule has 12 aromatic rings. The molecule has 0 fully saturated rings. The van der Waals surface area contributed by atoms with Crippen molar-refractivity contribution >= 4 is 21.5 Å². The van der Waals surface area contributed by atoms with Gasteiger partial charge in [-0.15, -0.1) is 174 Å². The molecule has 4 heterocycles. The van der Waals surface area contributed by atoms with Crippen molar-refractivity contribution in [2.24, 2.45) is 7.05 Å². The predicted molar refractivity (Wildman–Crippen MR) is 525 cm³/mol. The molecular formula is C109H160Ir4N6. The van der Waals surface area contributed by atoms with Crippen LogP contribution in [0.5, 0.6) is 0 Å². The number of hydrogen-bond donors (Lipinski definition) is 0. The summed E-state index contributed by atoms with van der Waals surface area (Å²) in [5.74, 6) is 1.69. The molecule has 119 heavy (non-hydrogen) atoms. The maximum Gasteiger partial charge on any atom is 3.00 e. The Hall–Kier alpha value is -6.53. The molecule has 662 valence electrons. The summed E-state index contributed by atoms with van der Waals surface area (Å²) >= 11 is 0. The first-order valence-electron chi connectivity index (χ1n) is 41.1. The number of aryl methyl sites for hydroxylation is 17. The minimum Gasteiger partial charge on any atom is -0.358 e. The zero-order valence-corrected chi connectivity index (χ0v) is 92.1. The van der Waals surface area contributed by atoms with Gasteiger partial charge in [-0.1, -0.05) is 191 Å². The fourth-order valence-electron chi connectivity index (χ4n) is 15.7. The van der Waals surface area contributed by atoms with Crippen LogP contribution in [0.4, 0.5) is 0 Å². The van der Waals surface area contributed by atoms with Gasteiger partial charge in [0.15, 0.2) is 0 Å². The second-order valence-corrected chi connectivity index (χ2v) is 32.4. The summed E-state index contributed by atoms with van der Waals surface area (Å²) in [6.45, 7) is 89.3. The van der Waals surface area contributed by atoms with Gasteiger partial charge < -0.3 is 59.5 Å². The number of pyridine rings is 3. The quantitative estimate of drug-likeness (QED) is 0.161. The van der Waals surface area contributed by atoms with Crippen molar-refractivity contribution in [2.75, 3.05) is 0 Å². The Bertz CT molecular complexity index is 5370. The summed E-state index contributed by atoms with van der Waals surface area (Å²) in [6.07, 6.45) is 0. The van der Waals surface area contributed by atoms with Gasteiger partial charge in [-0.05, 0) is 204 Å². The van der Waals surface area contributed by atoms with Crippen LogP contribution in [0.15, 0.2) is 0 Å². The summed E-state index contributed by atoms with van der Waals surface area (Å²) in [6, 6.07) is 21.6. The van der Waals surface area contributed by atoms with Gasteiger partial charge in [-0.2, -0.15) is 22.8 Å². The van der Waals surface area contributed by atoms with E-state index in [0.29, 0.717) is 0 Å². The fraction of sp³-hybridized carbons (Fsp3) is 0.385. The Morgan fingerprint density at radius 2 is 0.412 bits per heavy atom. The van der Waals surface area contributed by atoms with Gasteiger partial charge in [0, 0.05) is 38.6 Å². The smallest absolute Gasteiger partial charge is 0.358 e. The number of fused-ring (bicyclic) bond motifs is 2. The number of hydrogen-bond acceptors (Lipinski definition) is 5. The second-order valence-electron chi connectivity index (χ2n) is 32.4. The number of benzene rings is 8. The van der Waals surface area contributed by atoms with E-state index >= 15 is 0 Å². The molecule has 12 rings (SSSR count). The molecule has 6 nitrogen and oxygen atoms in total. The van der Waals surface area contributed by atoms with Crippen molar-refractivity contribution in [3.63, 3.8) is 0 Å². The van der Waals surface area contributed by atoms with E-state index in [1.807, 2.05) is 18.7 Å². The molecule has 8 aromatic carbocycles. The molecule has 0 aliphatic heterocycles. The monoisotopic (exact) mass is 2340 g/mol. The maximum atomic E-state index is 5.09. The molecule has 0 aliphatic carbocycles. The first kappa shape index (κ1) is 112. The fourth-order valence-corrected chi connectivity index (χ4v) is 15.7. The predicted octanol–water partition coefficient (Wildman–Crippen LogP) is 31.5. The third-order valence-corrected chi connectivity index (χ3v) is 26.8. The summed E-state index contributed by atoms with van der Waals surface area (Å²) in [7, 11) is 1.92. The topological polar surface area (TPSA) is 69.4 Å². The molecule has 0 N–H and O–H groups in total. The molecule has 0 amide bonds. The summed E-state index contributed by atoms with van der Waals surface area (Å²) < 4.78 is 21.8. The second kappa shape index (κ2) is 45.7. The van der Waals surface area contributed by atoms with Gasteiger partial charge in [0.05, 0.1) is 5.82 Å². The Kier molecular flexibility index (Phi) is 43.2. The molecule has 0 saturated heterocycles. The van der Waals surface area contributed by atoms with Crippen molar-refractivity contribution < 1.29 is 94.9 Å². The van der Waals surface area contributed by atoms with Crippen LogP contribution in [0.3, 0.4) is 0 Å². The van der Waals surface area contributed by atoms with E-state index in [4.69, 9.17) is 20.9 Å². The minimum atomic E-state index is 0. The Labute approximate surface area is 796 Å². The van der Waals surface area contributed by atoms with E-state index < -0.39 is 0 Å². The normalized spacial score (nSPS) is 10.4. The zero-order chi connectivity index (χ0) is 86.1. The van der Waals surface area contributed by atoms with Crippen molar-refractivity contribution in [1.29, 1.82) is 0 Å². The van der Waals surface area contributed by atoms with Gasteiger partial charge in [-0.25, -0.2) is 11.1 Å². The molecule has 0 atom stereocenters. The number of aromatic nitrogens is 6. The van der Waals surface area contributed by atoms with E-state index in [1.54, 1.807) is 0 Å². The van der Waals surface area contributed by atoms with E-state index in [1.165, 1.54) is 239 Å². The van der Waals surface area contributed by atoms with E-state index in [0.717, 1.165) is 68.1 Å². The number of nitrogens with zero attached hydrogens (tertiary/aromatic N) is 6. The van der Waals surface area contributed by atoms with Crippen LogP contribution in [0.2, 0.25) is 0 Å². The van der Waals surface area contributed by atoms with Gasteiger partial charge in [0.2, 0.25) is 0 Å². The van der Waals surface area contributed by atoms with E-state index in [9.17, 15) is 0 Å². The number of rotatable bonds is 5. The van der Waals surface area contributed by atoms with Crippen LogP contribution in [0.1, 0.15) is 243 Å². The molecule has 4 aromatic heterocycles. The molecule has 10 heteroatoms. The van der Waals surface area contributed by atoms with E-state index in [2.05, 4.69) is 323 Å². The zero-order valence-electron chi connectivity index (χ0n) is 86.5. The van der Waals surface area contributed by atoms with Crippen molar-refractivity contribution in [1.82, 2.24) is 29.7 Å². The van der Waals surface area contributed by atoms with Crippen LogP contribution in [-0.4, -0.2) is 29.7 Å². The van der Waals surface area contributed by atoms with Gasteiger partial charge in [0.1, 0.15) is 5.82 Å². The van der Waals surface area contributed by atoms with Gasteiger partial charge in [-0.3, -0.25) is 9.67 Å². The molecule has 0 aliphatic rings. The minimum absolute atomic E-state index is 0. The maximum absolute atomic E-state index is 5.09. The standard InChI is InChI=1S/C26H30.C25H30N.2C19H24N.C14H18N3.6CH3.4Ir.8H2/c1-13-11-23(20(8)17(5)15(13)3)24-12-14(2)16(4)25-21(9)18(6)19(7)22(10)26(24)25;1-12-11-22(17(6)14(3)13(12)2)25-24-19(8)16(5)15(4)18(7)23(24)20(9)21(10)26-25;2*1-10-9-18(15(6)12(3)11(10)2)19-16(7)13(4)14(5)17(8)20-19;1-8-7-13(11(4)10(3)9(8)2)14-15-12(5)16-17(14)6;;;;;;;;;;;;;;;;;;/h2*1-10H3;2*1-8H3;1-6H3;6*1H3;;;;;8*1H/q-2;10*-1;4*+3;;;;;;;;/i;;;;;;;;;;;;;;;2*1+1D;6*1+1. The Morgan fingerprint density at radius 1 is 0.193 bits per heavy atom. The van der Waals surface area contributed by atoms with Crippen molar-refractivity contribution in [2.45, 2.75) is 284 Å². The average molecular weight is 2330 g/mol. The third kappa shape index (κ3) is 22.2. The molecular weight excluding hydrogens is 2160 g/mol. The Morgan fingerprint density at radius 3 is 0.731 bits per heavy atom. The van der Waals surface area contributed by atoms with Crippen molar-refractivity contribution in [3.8, 4) is 56.3 Å². The van der Waals surface area contributed by atoms with Crippen LogP contribution in [0.25, 0.3) is 77.8 Å². The molecule has 0 spiro atoms. The molecule has 0 radical (unpaired) electrons. The van der Waals surface area contributed by atoms with Crippen LogP contribution in [0, 0.1) is 365 Å². The molecule has 0 saturated carbocycles. The largest absolute Gasteiger partial charge is 3.00 e. The SMILES string of the molecule is Cc1[c-]c(-c2[c-]c(C)c(C)c3c(C)c(C)c(C)c(C)c23)c(C)c(C)c1C.Cc1[c-]c(-c2nc(C)c(C)c(C)c2C)c(C)c(C)c1C.Cc1[c-]c(-c2nc(C)c(C)c(C)c2C)c(C)c(C)c1C.Cc1[c-]c(-c2nc(C)c(C)c3c(C)c(C)c(C)c(C)c23)c(C)c(C)c1C.Cc1nc(-c2[c-]c(C)c(C)c(C)c2C)n(C)n1.[2HH].[2HH].[2HH].[2HH].[2HH].[2HH].[2H][2H].[2H][2H].[CH3-].[CH3-].[CH3-].[CH3-].[CH3-].[CH3-].[Ir+3].[Ir+3].[Ir+3].[Ir+3]. The van der Waals surface area contributed by atoms with Crippen molar-refractivity contribution in [3.05, 3.63) is 310 Å². The van der Waals surface area contributed by atoms with Gasteiger partial charge in [0.25, 0.3) is 0 Å². The molecule has 0 unspecified atom stereocenters. The van der Waals surface area contributed by atoms with E-state index in [-0.39, 0.29) is 134 Å². The molecule has 0 bridgehead atoms. The van der Waals surface area contributed by atoms with Crippen LogP contribution >= 0.6 is 0 Å². The first-order valence-corrected chi connectivity index (χ1v) is 39.1. The third-order valence-electron chi connectivity index (χ3n) is 26.8. The average Bonchev–Trinajstić information content (AvgIpc) is 1.12. The van der Waals surface area contributed by atoms with Gasteiger partial charge >= 0.3 is 80.4 Å². The Balaban J connectivity index is -0.000000145. The van der Waals surface area contributed by atoms with Crippen LogP contribution in [-0.2, 0) is 87.5 Å². The summed E-state index contributed by atoms with van der Waals surface area (Å²) in [5, 5.41) is 9.73. The first-order chi connectivity index (χ1) is 52.6. The summed E-state index contributed by atoms with van der Waals surface area (Å²) in [5.41, 5.74) is 62.3. The summed E-state index contributed by atoms with van der Waals surface area (Å²) in [4.78, 5) is 19.2. The van der Waals surface area contributed by atoms with Crippen LogP contribution < -0.4 is 0 Å².